The Labute approximate surface area is 141 Å². The van der Waals surface area contributed by atoms with Crippen molar-refractivity contribution in [2.45, 2.75) is 25.9 Å². The van der Waals surface area contributed by atoms with Gasteiger partial charge in [-0.1, -0.05) is 24.3 Å². The molecule has 3 rings (SSSR count). The van der Waals surface area contributed by atoms with Crippen molar-refractivity contribution in [2.75, 3.05) is 26.2 Å². The molecular formula is C17H22N4O3. The van der Waals surface area contributed by atoms with Gasteiger partial charge in [0, 0.05) is 25.7 Å². The Hall–Kier alpha value is -2.41. The Morgan fingerprint density at radius 1 is 1.29 bits per heavy atom. The standard InChI is InChI=1S/C17H22N4O3/c1-12(20-7-6-13-4-2-3-5-14(13)10-20)8-18-15(22)11-21-16(23)9-19-17(21)24/h2-5,12H,6-11H2,1H3,(H,18,22)(H,19,24). The second-order valence-corrected chi connectivity index (χ2v) is 6.28. The van der Waals surface area contributed by atoms with E-state index in [1.165, 1.54) is 11.1 Å². The van der Waals surface area contributed by atoms with Gasteiger partial charge in [-0.2, -0.15) is 0 Å². The minimum atomic E-state index is -0.504. The molecule has 128 valence electrons. The van der Waals surface area contributed by atoms with E-state index in [1.807, 2.05) is 6.07 Å². The summed E-state index contributed by atoms with van der Waals surface area (Å²) in [6.45, 7) is 4.14. The Morgan fingerprint density at radius 3 is 2.75 bits per heavy atom. The average Bonchev–Trinajstić information content (AvgIpc) is 2.91. The van der Waals surface area contributed by atoms with Crippen molar-refractivity contribution in [2.24, 2.45) is 0 Å². The molecule has 1 saturated heterocycles. The number of carbonyl (C=O) groups excluding carboxylic acids is 3. The Bertz CT molecular complexity index is 645. The minimum Gasteiger partial charge on any atom is -0.353 e. The predicted octanol–water partition coefficient (Wildman–Crippen LogP) is 0.101. The summed E-state index contributed by atoms with van der Waals surface area (Å²) in [6, 6.07) is 8.10. The molecule has 0 aromatic heterocycles. The van der Waals surface area contributed by atoms with Crippen LogP contribution in [-0.4, -0.2) is 59.9 Å². The normalized spacial score (nSPS) is 19.0. The number of imide groups is 1. The fourth-order valence-corrected chi connectivity index (χ4v) is 3.10. The molecule has 2 aliphatic rings. The summed E-state index contributed by atoms with van der Waals surface area (Å²) >= 11 is 0. The van der Waals surface area contributed by atoms with Gasteiger partial charge < -0.3 is 10.6 Å². The molecule has 0 aliphatic carbocycles. The monoisotopic (exact) mass is 330 g/mol. The van der Waals surface area contributed by atoms with Gasteiger partial charge in [0.1, 0.15) is 6.54 Å². The fourth-order valence-electron chi connectivity index (χ4n) is 3.10. The lowest BCUT2D eigenvalue weighted by Crippen LogP contribution is -2.47. The summed E-state index contributed by atoms with van der Waals surface area (Å²) in [5, 5.41) is 5.22. The van der Waals surface area contributed by atoms with Gasteiger partial charge in [0.15, 0.2) is 0 Å². The van der Waals surface area contributed by atoms with E-state index in [4.69, 9.17) is 0 Å². The molecule has 2 aliphatic heterocycles. The molecule has 2 heterocycles. The summed E-state index contributed by atoms with van der Waals surface area (Å²) in [5.74, 6) is -0.680. The smallest absolute Gasteiger partial charge is 0.325 e. The molecule has 4 amide bonds. The number of hydrogen-bond acceptors (Lipinski definition) is 4. The number of rotatable bonds is 5. The number of hydrogen-bond donors (Lipinski definition) is 2. The van der Waals surface area contributed by atoms with Crippen LogP contribution < -0.4 is 10.6 Å². The van der Waals surface area contributed by atoms with E-state index < -0.39 is 6.03 Å². The Balaban J connectivity index is 1.47. The lowest BCUT2D eigenvalue weighted by molar-refractivity contribution is -0.130. The first-order valence-corrected chi connectivity index (χ1v) is 8.20. The number of nitrogens with one attached hydrogen (secondary N) is 2. The van der Waals surface area contributed by atoms with Crippen LogP contribution >= 0.6 is 0 Å². The molecule has 0 bridgehead atoms. The topological polar surface area (TPSA) is 81.8 Å². The van der Waals surface area contributed by atoms with E-state index in [2.05, 4.69) is 40.7 Å². The predicted molar refractivity (Wildman–Crippen MR) is 88.1 cm³/mol. The van der Waals surface area contributed by atoms with Crippen molar-refractivity contribution >= 4 is 17.8 Å². The van der Waals surface area contributed by atoms with Gasteiger partial charge in [0.2, 0.25) is 5.91 Å². The van der Waals surface area contributed by atoms with E-state index in [-0.39, 0.29) is 30.9 Å². The third-order valence-corrected chi connectivity index (χ3v) is 4.62. The van der Waals surface area contributed by atoms with Crippen LogP contribution in [0, 0.1) is 0 Å². The molecule has 1 fully saturated rings. The first-order chi connectivity index (χ1) is 11.5. The van der Waals surface area contributed by atoms with Crippen molar-refractivity contribution in [1.29, 1.82) is 0 Å². The maximum Gasteiger partial charge on any atom is 0.325 e. The van der Waals surface area contributed by atoms with Crippen LogP contribution in [0.5, 0.6) is 0 Å². The quantitative estimate of drug-likeness (QED) is 0.751. The molecule has 0 spiro atoms. The molecule has 7 nitrogen and oxygen atoms in total. The minimum absolute atomic E-state index is 0.0320. The van der Waals surface area contributed by atoms with Gasteiger partial charge in [0.25, 0.3) is 5.91 Å². The van der Waals surface area contributed by atoms with Crippen LogP contribution in [0.1, 0.15) is 18.1 Å². The Kier molecular flexibility index (Phi) is 4.80. The van der Waals surface area contributed by atoms with Gasteiger partial charge >= 0.3 is 6.03 Å². The lowest BCUT2D eigenvalue weighted by Gasteiger charge is -2.33. The average molecular weight is 330 g/mol. The summed E-state index contributed by atoms with van der Waals surface area (Å²) in [7, 11) is 0. The molecule has 0 radical (unpaired) electrons. The number of fused-ring (bicyclic) bond motifs is 1. The van der Waals surface area contributed by atoms with Crippen molar-refractivity contribution in [3.05, 3.63) is 35.4 Å². The van der Waals surface area contributed by atoms with Gasteiger partial charge in [-0.05, 0) is 24.5 Å². The number of benzene rings is 1. The number of amides is 4. The van der Waals surface area contributed by atoms with Crippen LogP contribution in [-0.2, 0) is 22.6 Å². The van der Waals surface area contributed by atoms with Crippen LogP contribution in [0.15, 0.2) is 24.3 Å². The van der Waals surface area contributed by atoms with E-state index in [1.54, 1.807) is 0 Å². The molecule has 1 atom stereocenters. The third kappa shape index (κ3) is 3.56. The van der Waals surface area contributed by atoms with E-state index in [0.717, 1.165) is 24.4 Å². The van der Waals surface area contributed by atoms with E-state index >= 15 is 0 Å². The maximum atomic E-state index is 12.0. The lowest BCUT2D eigenvalue weighted by atomic mass is 9.99. The molecule has 24 heavy (non-hydrogen) atoms. The molecule has 2 N–H and O–H groups in total. The van der Waals surface area contributed by atoms with Gasteiger partial charge in [0.05, 0.1) is 6.54 Å². The molecule has 1 aromatic rings. The summed E-state index contributed by atoms with van der Waals surface area (Å²) in [5.41, 5.74) is 2.73. The fraction of sp³-hybridized carbons (Fsp3) is 0.471. The SMILES string of the molecule is CC(CNC(=O)CN1C(=O)CNC1=O)N1CCc2ccccc2C1. The van der Waals surface area contributed by atoms with Crippen molar-refractivity contribution < 1.29 is 14.4 Å². The van der Waals surface area contributed by atoms with Crippen molar-refractivity contribution in [1.82, 2.24) is 20.4 Å². The van der Waals surface area contributed by atoms with E-state index in [9.17, 15) is 14.4 Å². The highest BCUT2D eigenvalue weighted by Crippen LogP contribution is 2.19. The highest BCUT2D eigenvalue weighted by atomic mass is 16.2. The Morgan fingerprint density at radius 2 is 2.04 bits per heavy atom. The first-order valence-electron chi connectivity index (χ1n) is 8.20. The van der Waals surface area contributed by atoms with Crippen molar-refractivity contribution in [3.63, 3.8) is 0 Å². The zero-order chi connectivity index (χ0) is 17.1. The summed E-state index contributed by atoms with van der Waals surface area (Å²) in [6.07, 6.45) is 1.01. The van der Waals surface area contributed by atoms with Gasteiger partial charge in [-0.15, -0.1) is 0 Å². The third-order valence-electron chi connectivity index (χ3n) is 4.62. The molecule has 1 unspecified atom stereocenters. The molecule has 0 saturated carbocycles. The van der Waals surface area contributed by atoms with E-state index in [0.29, 0.717) is 6.54 Å². The molecule has 1 aromatic carbocycles. The summed E-state index contributed by atoms with van der Waals surface area (Å²) in [4.78, 5) is 38.1. The van der Waals surface area contributed by atoms with Gasteiger partial charge in [-0.3, -0.25) is 19.4 Å². The second-order valence-electron chi connectivity index (χ2n) is 6.28. The zero-order valence-corrected chi connectivity index (χ0v) is 13.7. The highest BCUT2D eigenvalue weighted by Gasteiger charge is 2.30. The van der Waals surface area contributed by atoms with Gasteiger partial charge in [-0.25, -0.2) is 4.79 Å². The number of carbonyl (C=O) groups is 3. The van der Waals surface area contributed by atoms with Crippen molar-refractivity contribution in [3.8, 4) is 0 Å². The van der Waals surface area contributed by atoms with Crippen LogP contribution in [0.25, 0.3) is 0 Å². The zero-order valence-electron chi connectivity index (χ0n) is 13.7. The maximum absolute atomic E-state index is 12.0. The first kappa shape index (κ1) is 16.4. The molecular weight excluding hydrogens is 308 g/mol. The molecule has 7 heteroatoms. The van der Waals surface area contributed by atoms with Crippen LogP contribution in [0.3, 0.4) is 0 Å². The van der Waals surface area contributed by atoms with Crippen LogP contribution in [0.2, 0.25) is 0 Å². The second kappa shape index (κ2) is 7.00. The number of urea groups is 1. The summed E-state index contributed by atoms with van der Waals surface area (Å²) < 4.78 is 0. The largest absolute Gasteiger partial charge is 0.353 e. The number of nitrogens with zero attached hydrogens (tertiary/aromatic N) is 2. The van der Waals surface area contributed by atoms with Crippen LogP contribution in [0.4, 0.5) is 4.79 Å². The highest BCUT2D eigenvalue weighted by molar-refractivity contribution is 6.04.